The molecule has 0 fully saturated rings. The molecule has 4 nitrogen and oxygen atoms in total. The summed E-state index contributed by atoms with van der Waals surface area (Å²) in [6.07, 6.45) is 0. The lowest BCUT2D eigenvalue weighted by atomic mass is 10.1. The molecule has 0 amide bonds. The fourth-order valence-electron chi connectivity index (χ4n) is 2.23. The number of aromatic nitrogens is 1. The van der Waals surface area contributed by atoms with Crippen LogP contribution in [0.3, 0.4) is 0 Å². The van der Waals surface area contributed by atoms with E-state index < -0.39 is 11.8 Å². The SMILES string of the molecule is Cc1c(Cl)ccc2c(C(=O)C(=O)O)c(C)n(C)c12. The summed E-state index contributed by atoms with van der Waals surface area (Å²) in [5, 5.41) is 10.1. The molecule has 2 aromatic rings. The molecular weight excluding hydrogens is 254 g/mol. The molecule has 0 spiro atoms. The normalized spacial score (nSPS) is 10.9. The van der Waals surface area contributed by atoms with Gasteiger partial charge in [-0.15, -0.1) is 0 Å². The third-order valence-electron chi connectivity index (χ3n) is 3.26. The van der Waals surface area contributed by atoms with Crippen LogP contribution in [0.5, 0.6) is 0 Å². The summed E-state index contributed by atoms with van der Waals surface area (Å²) >= 11 is 6.05. The molecule has 0 aliphatic heterocycles. The summed E-state index contributed by atoms with van der Waals surface area (Å²) in [6, 6.07) is 3.37. The first-order valence-corrected chi connectivity index (χ1v) is 5.75. The van der Waals surface area contributed by atoms with Gasteiger partial charge in [0.2, 0.25) is 0 Å². The number of carboxylic acids is 1. The molecule has 0 aliphatic carbocycles. The Hall–Kier alpha value is -1.81. The van der Waals surface area contributed by atoms with Crippen LogP contribution in [0.1, 0.15) is 21.6 Å². The van der Waals surface area contributed by atoms with Gasteiger partial charge in [-0.25, -0.2) is 4.79 Å². The van der Waals surface area contributed by atoms with Gasteiger partial charge in [-0.3, -0.25) is 4.79 Å². The van der Waals surface area contributed by atoms with Crippen LogP contribution >= 0.6 is 11.6 Å². The minimum absolute atomic E-state index is 0.236. The highest BCUT2D eigenvalue weighted by Crippen LogP contribution is 2.31. The van der Waals surface area contributed by atoms with Crippen LogP contribution in [-0.4, -0.2) is 21.4 Å². The highest BCUT2D eigenvalue weighted by Gasteiger charge is 2.24. The van der Waals surface area contributed by atoms with E-state index in [-0.39, 0.29) is 5.56 Å². The van der Waals surface area contributed by atoms with Crippen LogP contribution in [0.15, 0.2) is 12.1 Å². The van der Waals surface area contributed by atoms with Crippen LogP contribution in [-0.2, 0) is 11.8 Å². The number of carbonyl (C=O) groups excluding carboxylic acids is 1. The van der Waals surface area contributed by atoms with Crippen molar-refractivity contribution in [2.24, 2.45) is 7.05 Å². The van der Waals surface area contributed by atoms with Crippen molar-refractivity contribution in [3.8, 4) is 0 Å². The minimum Gasteiger partial charge on any atom is -0.475 e. The molecule has 0 bridgehead atoms. The van der Waals surface area contributed by atoms with E-state index >= 15 is 0 Å². The number of carbonyl (C=O) groups is 2. The Morgan fingerprint density at radius 1 is 1.28 bits per heavy atom. The molecule has 2 rings (SSSR count). The summed E-state index contributed by atoms with van der Waals surface area (Å²) in [7, 11) is 1.79. The number of aryl methyl sites for hydroxylation is 2. The van der Waals surface area contributed by atoms with Crippen molar-refractivity contribution >= 4 is 34.3 Å². The number of rotatable bonds is 2. The number of halogens is 1. The Morgan fingerprint density at radius 3 is 2.44 bits per heavy atom. The largest absolute Gasteiger partial charge is 0.475 e. The first-order chi connectivity index (χ1) is 8.36. The maximum atomic E-state index is 11.7. The van der Waals surface area contributed by atoms with Crippen molar-refractivity contribution in [1.29, 1.82) is 0 Å². The topological polar surface area (TPSA) is 59.3 Å². The second-order valence-corrected chi connectivity index (χ2v) is 4.63. The van der Waals surface area contributed by atoms with Crippen molar-refractivity contribution in [2.45, 2.75) is 13.8 Å². The first kappa shape index (κ1) is 12.6. The number of benzene rings is 1. The zero-order valence-corrected chi connectivity index (χ0v) is 11.0. The molecule has 0 saturated heterocycles. The van der Waals surface area contributed by atoms with Crippen molar-refractivity contribution in [2.75, 3.05) is 0 Å². The molecule has 5 heteroatoms. The van der Waals surface area contributed by atoms with Gasteiger partial charge in [-0.05, 0) is 25.5 Å². The van der Waals surface area contributed by atoms with Crippen LogP contribution in [0.25, 0.3) is 10.9 Å². The average molecular weight is 266 g/mol. The highest BCUT2D eigenvalue weighted by atomic mass is 35.5. The quantitative estimate of drug-likeness (QED) is 0.671. The van der Waals surface area contributed by atoms with Gasteiger partial charge in [-0.2, -0.15) is 0 Å². The fourth-order valence-corrected chi connectivity index (χ4v) is 2.39. The zero-order valence-electron chi connectivity index (χ0n) is 10.2. The maximum absolute atomic E-state index is 11.7. The van der Waals surface area contributed by atoms with Crippen molar-refractivity contribution < 1.29 is 14.7 Å². The predicted octanol–water partition coefficient (Wildman–Crippen LogP) is 2.72. The molecule has 0 atom stereocenters. The average Bonchev–Trinajstić information content (AvgIpc) is 2.56. The standard InChI is InChI=1S/C13H12ClNO3/c1-6-9(14)5-4-8-10(12(16)13(17)18)7(2)15(3)11(6)8/h4-5H,1-3H3,(H,17,18). The number of Topliss-reactive ketones (excluding diaryl/α,β-unsaturated/α-hetero) is 1. The third kappa shape index (κ3) is 1.61. The van der Waals surface area contributed by atoms with E-state index in [9.17, 15) is 9.59 Å². The van der Waals surface area contributed by atoms with Crippen LogP contribution in [0.2, 0.25) is 5.02 Å². The van der Waals surface area contributed by atoms with E-state index in [0.717, 1.165) is 11.1 Å². The summed E-state index contributed by atoms with van der Waals surface area (Å²) in [4.78, 5) is 22.6. The van der Waals surface area contributed by atoms with Crippen molar-refractivity contribution in [1.82, 2.24) is 4.57 Å². The van der Waals surface area contributed by atoms with E-state index in [1.807, 2.05) is 6.92 Å². The Bertz CT molecular complexity index is 685. The summed E-state index contributed by atoms with van der Waals surface area (Å²) in [5.41, 5.74) is 2.50. The van der Waals surface area contributed by atoms with Crippen molar-refractivity contribution in [3.05, 3.63) is 34.0 Å². The highest BCUT2D eigenvalue weighted by molar-refractivity contribution is 6.43. The van der Waals surface area contributed by atoms with Gasteiger partial charge in [0.25, 0.3) is 5.78 Å². The number of carboxylic acid groups (broad SMARTS) is 1. The molecular formula is C13H12ClNO3. The molecule has 1 aromatic heterocycles. The Kier molecular flexibility index (Phi) is 2.91. The Morgan fingerprint density at radius 2 is 1.89 bits per heavy atom. The minimum atomic E-state index is -1.45. The van der Waals surface area contributed by atoms with Crippen LogP contribution in [0, 0.1) is 13.8 Å². The zero-order chi connectivity index (χ0) is 13.6. The number of hydrogen-bond acceptors (Lipinski definition) is 2. The molecule has 1 heterocycles. The molecule has 0 aliphatic rings. The van der Waals surface area contributed by atoms with Gasteiger partial charge in [0, 0.05) is 23.2 Å². The first-order valence-electron chi connectivity index (χ1n) is 5.38. The molecule has 0 saturated carbocycles. The van der Waals surface area contributed by atoms with Crippen molar-refractivity contribution in [3.63, 3.8) is 0 Å². The van der Waals surface area contributed by atoms with E-state index in [2.05, 4.69) is 0 Å². The monoisotopic (exact) mass is 265 g/mol. The molecule has 0 radical (unpaired) electrons. The molecule has 1 aromatic carbocycles. The smallest absolute Gasteiger partial charge is 0.377 e. The molecule has 0 unspecified atom stereocenters. The lowest BCUT2D eigenvalue weighted by Gasteiger charge is -2.03. The molecule has 1 N–H and O–H groups in total. The third-order valence-corrected chi connectivity index (χ3v) is 3.67. The summed E-state index contributed by atoms with van der Waals surface area (Å²) in [5.74, 6) is -2.34. The van der Waals surface area contributed by atoms with Gasteiger partial charge < -0.3 is 9.67 Å². The number of aliphatic carboxylic acids is 1. The second kappa shape index (κ2) is 4.14. The van der Waals surface area contributed by atoms with Gasteiger partial charge >= 0.3 is 5.97 Å². The summed E-state index contributed by atoms with van der Waals surface area (Å²) < 4.78 is 1.80. The lowest BCUT2D eigenvalue weighted by molar-refractivity contribution is -0.131. The lowest BCUT2D eigenvalue weighted by Crippen LogP contribution is -2.13. The Balaban J connectivity index is 2.93. The maximum Gasteiger partial charge on any atom is 0.377 e. The number of fused-ring (bicyclic) bond motifs is 1. The number of hydrogen-bond donors (Lipinski definition) is 1. The van der Waals surface area contributed by atoms with Gasteiger partial charge in [0.05, 0.1) is 11.1 Å². The van der Waals surface area contributed by atoms with Gasteiger partial charge in [0.15, 0.2) is 0 Å². The van der Waals surface area contributed by atoms with E-state index in [1.165, 1.54) is 0 Å². The van der Waals surface area contributed by atoms with Gasteiger partial charge in [-0.1, -0.05) is 17.7 Å². The molecule has 18 heavy (non-hydrogen) atoms. The van der Waals surface area contributed by atoms with Crippen LogP contribution in [0.4, 0.5) is 0 Å². The summed E-state index contributed by atoms with van der Waals surface area (Å²) in [6.45, 7) is 3.57. The second-order valence-electron chi connectivity index (χ2n) is 4.22. The predicted molar refractivity (Wildman–Crippen MR) is 69.4 cm³/mol. The van der Waals surface area contributed by atoms with E-state index in [0.29, 0.717) is 16.1 Å². The number of nitrogens with zero attached hydrogens (tertiary/aromatic N) is 1. The number of ketones is 1. The van der Waals surface area contributed by atoms with Crippen LogP contribution < -0.4 is 0 Å². The van der Waals surface area contributed by atoms with E-state index in [1.54, 1.807) is 30.7 Å². The molecule has 94 valence electrons. The fraction of sp³-hybridized carbons (Fsp3) is 0.231. The van der Waals surface area contributed by atoms with E-state index in [4.69, 9.17) is 16.7 Å². The van der Waals surface area contributed by atoms with Gasteiger partial charge in [0.1, 0.15) is 0 Å². The Labute approximate surface area is 109 Å².